The second-order valence-corrected chi connectivity index (χ2v) is 7.75. The van der Waals surface area contributed by atoms with E-state index in [4.69, 9.17) is 4.74 Å². The summed E-state index contributed by atoms with van der Waals surface area (Å²) in [5, 5.41) is 4.03. The zero-order valence-corrected chi connectivity index (χ0v) is 14.0. The molecule has 3 fully saturated rings. The maximum Gasteiger partial charge on any atom is 0.0462 e. The molecule has 0 unspecified atom stereocenters. The van der Waals surface area contributed by atoms with Gasteiger partial charge in [0.15, 0.2) is 0 Å². The number of piperazine rings is 1. The second kappa shape index (κ2) is 6.97. The summed E-state index contributed by atoms with van der Waals surface area (Å²) < 4.78 is 5.23. The number of unbranched alkanes of at least 4 members (excludes halogenated alkanes) is 1. The molecule has 2 spiro atoms. The Balaban J connectivity index is 1.63. The van der Waals surface area contributed by atoms with Crippen molar-refractivity contribution in [1.29, 1.82) is 0 Å². The van der Waals surface area contributed by atoms with Crippen molar-refractivity contribution >= 4 is 0 Å². The Bertz CT molecular complexity index is 319. The topological polar surface area (TPSA) is 24.5 Å². The van der Waals surface area contributed by atoms with Crippen molar-refractivity contribution in [3.05, 3.63) is 0 Å². The predicted octanol–water partition coefficient (Wildman–Crippen LogP) is 3.33. The lowest BCUT2D eigenvalue weighted by Gasteiger charge is -2.55. The molecule has 3 nitrogen and oxygen atoms in total. The quantitative estimate of drug-likeness (QED) is 0.787. The summed E-state index contributed by atoms with van der Waals surface area (Å²) in [6, 6.07) is 0. The Labute approximate surface area is 130 Å². The number of nitrogens with one attached hydrogen (secondary N) is 1. The monoisotopic (exact) mass is 294 g/mol. The summed E-state index contributed by atoms with van der Waals surface area (Å²) in [7, 11) is 1.82. The van der Waals surface area contributed by atoms with Crippen LogP contribution in [0.4, 0.5) is 0 Å². The molecule has 0 bridgehead atoms. The molecule has 0 aromatic carbocycles. The fourth-order valence-electron chi connectivity index (χ4n) is 5.01. The maximum absolute atomic E-state index is 5.23. The number of rotatable bonds is 5. The summed E-state index contributed by atoms with van der Waals surface area (Å²) in [6.45, 7) is 4.76. The van der Waals surface area contributed by atoms with Gasteiger partial charge in [0.2, 0.25) is 0 Å². The molecule has 2 saturated carbocycles. The third kappa shape index (κ3) is 3.46. The summed E-state index contributed by atoms with van der Waals surface area (Å²) >= 11 is 0. The van der Waals surface area contributed by atoms with Crippen LogP contribution >= 0.6 is 0 Å². The predicted molar refractivity (Wildman–Crippen MR) is 87.7 cm³/mol. The number of ether oxygens (including phenoxy) is 1. The van der Waals surface area contributed by atoms with Crippen molar-refractivity contribution in [1.82, 2.24) is 10.2 Å². The highest BCUT2D eigenvalue weighted by Gasteiger charge is 2.48. The first-order chi connectivity index (χ1) is 10.3. The largest absolute Gasteiger partial charge is 0.385 e. The van der Waals surface area contributed by atoms with Gasteiger partial charge >= 0.3 is 0 Å². The molecule has 0 radical (unpaired) electrons. The van der Waals surface area contributed by atoms with Crippen LogP contribution in [0.15, 0.2) is 0 Å². The molecule has 3 aliphatic rings. The summed E-state index contributed by atoms with van der Waals surface area (Å²) in [6.07, 6.45) is 15.3. The molecule has 0 atom stereocenters. The van der Waals surface area contributed by atoms with Crippen molar-refractivity contribution in [2.45, 2.75) is 81.7 Å². The SMILES string of the molecule is COCCCCN1CC2(CCCCC2)NCC12CCCC2. The van der Waals surface area contributed by atoms with Gasteiger partial charge in [-0.15, -0.1) is 0 Å². The van der Waals surface area contributed by atoms with Gasteiger partial charge in [0.05, 0.1) is 0 Å². The minimum absolute atomic E-state index is 0.452. The second-order valence-electron chi connectivity index (χ2n) is 7.75. The van der Waals surface area contributed by atoms with Crippen LogP contribution in [0.2, 0.25) is 0 Å². The zero-order valence-electron chi connectivity index (χ0n) is 14.0. The van der Waals surface area contributed by atoms with E-state index in [1.54, 1.807) is 0 Å². The molecule has 3 rings (SSSR count). The van der Waals surface area contributed by atoms with Gasteiger partial charge in [-0.25, -0.2) is 0 Å². The first kappa shape index (κ1) is 15.8. The molecule has 1 aliphatic heterocycles. The van der Waals surface area contributed by atoms with Crippen molar-refractivity contribution < 1.29 is 4.74 Å². The molecular weight excluding hydrogens is 260 g/mol. The minimum atomic E-state index is 0.452. The molecule has 2 aliphatic carbocycles. The zero-order chi connectivity index (χ0) is 14.6. The van der Waals surface area contributed by atoms with Crippen LogP contribution in [0.1, 0.15) is 70.6 Å². The van der Waals surface area contributed by atoms with E-state index in [1.807, 2.05) is 7.11 Å². The van der Waals surface area contributed by atoms with Crippen LogP contribution in [0.5, 0.6) is 0 Å². The molecule has 0 aromatic heterocycles. The van der Waals surface area contributed by atoms with E-state index in [-0.39, 0.29) is 0 Å². The third-order valence-electron chi connectivity index (χ3n) is 6.33. The number of hydrogen-bond donors (Lipinski definition) is 1. The Morgan fingerprint density at radius 2 is 1.67 bits per heavy atom. The van der Waals surface area contributed by atoms with Crippen molar-refractivity contribution in [2.24, 2.45) is 0 Å². The third-order valence-corrected chi connectivity index (χ3v) is 6.33. The van der Waals surface area contributed by atoms with Gasteiger partial charge in [0.25, 0.3) is 0 Å². The molecule has 1 heterocycles. The minimum Gasteiger partial charge on any atom is -0.385 e. The molecule has 1 saturated heterocycles. The van der Waals surface area contributed by atoms with Crippen molar-refractivity contribution in [2.75, 3.05) is 33.4 Å². The number of hydrogen-bond acceptors (Lipinski definition) is 3. The molecule has 21 heavy (non-hydrogen) atoms. The van der Waals surface area contributed by atoms with E-state index < -0.39 is 0 Å². The number of nitrogens with zero attached hydrogens (tertiary/aromatic N) is 1. The van der Waals surface area contributed by atoms with Crippen LogP contribution in [0.25, 0.3) is 0 Å². The molecule has 0 amide bonds. The summed E-state index contributed by atoms with van der Waals surface area (Å²) in [5.74, 6) is 0. The Morgan fingerprint density at radius 1 is 0.952 bits per heavy atom. The average Bonchev–Trinajstić information content (AvgIpc) is 2.98. The van der Waals surface area contributed by atoms with Gasteiger partial charge in [-0.2, -0.15) is 0 Å². The lowest BCUT2D eigenvalue weighted by atomic mass is 9.76. The van der Waals surface area contributed by atoms with Crippen LogP contribution in [-0.4, -0.2) is 49.3 Å². The average molecular weight is 294 g/mol. The van der Waals surface area contributed by atoms with Gasteiger partial charge < -0.3 is 10.1 Å². The van der Waals surface area contributed by atoms with Gasteiger partial charge in [0.1, 0.15) is 0 Å². The van der Waals surface area contributed by atoms with Crippen LogP contribution in [-0.2, 0) is 4.74 Å². The van der Waals surface area contributed by atoms with Crippen molar-refractivity contribution in [3.8, 4) is 0 Å². The van der Waals surface area contributed by atoms with Crippen molar-refractivity contribution in [3.63, 3.8) is 0 Å². The van der Waals surface area contributed by atoms with E-state index >= 15 is 0 Å². The lowest BCUT2D eigenvalue weighted by Crippen LogP contribution is -2.69. The normalized spacial score (nSPS) is 28.4. The van der Waals surface area contributed by atoms with E-state index in [1.165, 1.54) is 90.3 Å². The molecule has 122 valence electrons. The fraction of sp³-hybridized carbons (Fsp3) is 1.00. The van der Waals surface area contributed by atoms with Gasteiger partial charge in [0, 0.05) is 37.9 Å². The Hall–Kier alpha value is -0.120. The summed E-state index contributed by atoms with van der Waals surface area (Å²) in [4.78, 5) is 2.90. The highest BCUT2D eigenvalue weighted by atomic mass is 16.5. The molecule has 3 heteroatoms. The molecule has 0 aromatic rings. The molecular formula is C18H34N2O. The highest BCUT2D eigenvalue weighted by Crippen LogP contribution is 2.41. The van der Waals surface area contributed by atoms with E-state index in [9.17, 15) is 0 Å². The molecule has 1 N–H and O–H groups in total. The Kier molecular flexibility index (Phi) is 5.23. The van der Waals surface area contributed by atoms with E-state index in [2.05, 4.69) is 10.2 Å². The van der Waals surface area contributed by atoms with E-state index in [0.29, 0.717) is 11.1 Å². The maximum atomic E-state index is 5.23. The van der Waals surface area contributed by atoms with Gasteiger partial charge in [-0.1, -0.05) is 32.1 Å². The Morgan fingerprint density at radius 3 is 2.38 bits per heavy atom. The smallest absolute Gasteiger partial charge is 0.0462 e. The highest BCUT2D eigenvalue weighted by molar-refractivity contribution is 5.07. The summed E-state index contributed by atoms with van der Waals surface area (Å²) in [5.41, 5.74) is 0.948. The van der Waals surface area contributed by atoms with Crippen LogP contribution in [0.3, 0.4) is 0 Å². The van der Waals surface area contributed by atoms with Gasteiger partial charge in [-0.3, -0.25) is 4.90 Å². The fourth-order valence-corrected chi connectivity index (χ4v) is 5.01. The van der Waals surface area contributed by atoms with Gasteiger partial charge in [-0.05, 0) is 45.1 Å². The number of methoxy groups -OCH3 is 1. The van der Waals surface area contributed by atoms with E-state index in [0.717, 1.165) is 6.61 Å². The first-order valence-corrected chi connectivity index (χ1v) is 9.28. The lowest BCUT2D eigenvalue weighted by molar-refractivity contribution is -0.00768. The van der Waals surface area contributed by atoms with Crippen LogP contribution < -0.4 is 5.32 Å². The first-order valence-electron chi connectivity index (χ1n) is 9.28. The van der Waals surface area contributed by atoms with Crippen LogP contribution in [0, 0.1) is 0 Å². The standard InChI is InChI=1S/C18H34N2O/c1-21-14-8-7-13-20-16-17(9-3-2-4-10-17)19-15-18(20)11-5-6-12-18/h19H,2-16H2,1H3.